The molecule has 0 bridgehead atoms. The monoisotopic (exact) mass is 411 g/mol. The first kappa shape index (κ1) is 19.3. The number of ether oxygens (including phenoxy) is 1. The summed E-state index contributed by atoms with van der Waals surface area (Å²) in [6.45, 7) is 2.04. The zero-order valence-corrected chi connectivity index (χ0v) is 17.0. The Labute approximate surface area is 171 Å². The summed E-state index contributed by atoms with van der Waals surface area (Å²) in [7, 11) is 1.28. The van der Waals surface area contributed by atoms with Crippen molar-refractivity contribution in [3.8, 4) is 0 Å². The van der Waals surface area contributed by atoms with Gasteiger partial charge in [0, 0.05) is 4.88 Å². The summed E-state index contributed by atoms with van der Waals surface area (Å²) in [5.74, 6) is -0.346. The topological polar surface area (TPSA) is 90.3 Å². The van der Waals surface area contributed by atoms with E-state index in [2.05, 4.69) is 17.2 Å². The van der Waals surface area contributed by atoms with E-state index in [-0.39, 0.29) is 17.7 Å². The largest absolute Gasteiger partial charge is 0.465 e. The first-order valence-electron chi connectivity index (χ1n) is 9.44. The fraction of sp³-hybridized carbons (Fsp3) is 0.333. The standard InChI is InChI=1S/C21H21N3O4S/c1-12-7-8-14-16(9-12)29-19-18(14)20(26)24(11-22-19)10-17(25)23-15-6-4-3-5-13(15)21(27)28-2/h3-6,11-12H,7-10H2,1-2H3,(H,23,25)/t12-/m0/s1. The highest BCUT2D eigenvalue weighted by Crippen LogP contribution is 2.35. The lowest BCUT2D eigenvalue weighted by molar-refractivity contribution is -0.116. The number of aromatic nitrogens is 2. The lowest BCUT2D eigenvalue weighted by atomic mass is 9.89. The molecule has 0 saturated heterocycles. The van der Waals surface area contributed by atoms with Gasteiger partial charge in [-0.3, -0.25) is 14.2 Å². The van der Waals surface area contributed by atoms with Crippen molar-refractivity contribution in [3.05, 3.63) is 57.0 Å². The second-order valence-corrected chi connectivity index (χ2v) is 8.38. The molecule has 1 aliphatic carbocycles. The van der Waals surface area contributed by atoms with E-state index in [1.54, 1.807) is 35.6 Å². The van der Waals surface area contributed by atoms with Crippen LogP contribution in [0.2, 0.25) is 0 Å². The van der Waals surface area contributed by atoms with E-state index in [4.69, 9.17) is 4.74 Å². The summed E-state index contributed by atoms with van der Waals surface area (Å²) < 4.78 is 6.06. The number of nitrogens with one attached hydrogen (secondary N) is 1. The summed E-state index contributed by atoms with van der Waals surface area (Å²) in [5.41, 5.74) is 1.49. The molecule has 8 heteroatoms. The number of carbonyl (C=O) groups excluding carboxylic acids is 2. The van der Waals surface area contributed by atoms with E-state index in [1.807, 2.05) is 0 Å². The van der Waals surface area contributed by atoms with E-state index in [1.165, 1.54) is 22.9 Å². The molecule has 1 amide bonds. The van der Waals surface area contributed by atoms with Gasteiger partial charge in [0.25, 0.3) is 5.56 Å². The van der Waals surface area contributed by atoms with Crippen molar-refractivity contribution in [2.24, 2.45) is 5.92 Å². The average Bonchev–Trinajstić information content (AvgIpc) is 3.08. The second-order valence-electron chi connectivity index (χ2n) is 7.29. The molecule has 0 aliphatic heterocycles. The zero-order valence-electron chi connectivity index (χ0n) is 16.2. The first-order chi connectivity index (χ1) is 14.0. The molecule has 1 N–H and O–H groups in total. The molecule has 150 valence electrons. The predicted molar refractivity (Wildman–Crippen MR) is 111 cm³/mol. The quantitative estimate of drug-likeness (QED) is 0.667. The molecule has 0 radical (unpaired) electrons. The Bertz CT molecular complexity index is 1160. The number of nitrogens with zero attached hydrogens (tertiary/aromatic N) is 2. The van der Waals surface area contributed by atoms with Crippen molar-refractivity contribution in [1.29, 1.82) is 0 Å². The molecule has 1 aromatic carbocycles. The molecule has 0 spiro atoms. The molecule has 2 aromatic heterocycles. The number of aryl methyl sites for hydroxylation is 1. The Balaban J connectivity index is 1.60. The van der Waals surface area contributed by atoms with Gasteiger partial charge in [0.1, 0.15) is 11.4 Å². The minimum atomic E-state index is -0.541. The third-order valence-electron chi connectivity index (χ3n) is 5.20. The van der Waals surface area contributed by atoms with Gasteiger partial charge in [0.15, 0.2) is 0 Å². The molecule has 2 heterocycles. The van der Waals surface area contributed by atoms with Crippen LogP contribution in [0.4, 0.5) is 5.69 Å². The highest BCUT2D eigenvalue weighted by atomic mass is 32.1. The lowest BCUT2D eigenvalue weighted by Gasteiger charge is -2.17. The number of methoxy groups -OCH3 is 1. The van der Waals surface area contributed by atoms with Crippen LogP contribution in [-0.2, 0) is 28.9 Å². The third kappa shape index (κ3) is 3.67. The molecule has 4 rings (SSSR count). The Morgan fingerprint density at radius 1 is 1.34 bits per heavy atom. The molecular formula is C21H21N3O4S. The van der Waals surface area contributed by atoms with Crippen molar-refractivity contribution in [2.45, 2.75) is 32.7 Å². The summed E-state index contributed by atoms with van der Waals surface area (Å²) in [6.07, 6.45) is 4.32. The fourth-order valence-corrected chi connectivity index (χ4v) is 5.04. The molecule has 1 atom stereocenters. The van der Waals surface area contributed by atoms with Gasteiger partial charge in [-0.05, 0) is 42.9 Å². The number of benzene rings is 1. The number of fused-ring (bicyclic) bond motifs is 3. The maximum absolute atomic E-state index is 13.0. The van der Waals surface area contributed by atoms with Crippen LogP contribution in [0.25, 0.3) is 10.2 Å². The molecule has 3 aromatic rings. The van der Waals surface area contributed by atoms with E-state index in [0.717, 1.165) is 29.7 Å². The van der Waals surface area contributed by atoms with E-state index < -0.39 is 11.9 Å². The van der Waals surface area contributed by atoms with Crippen molar-refractivity contribution < 1.29 is 14.3 Å². The average molecular weight is 411 g/mol. The number of carbonyl (C=O) groups is 2. The number of esters is 1. The summed E-state index contributed by atoms with van der Waals surface area (Å²) >= 11 is 1.58. The molecule has 1 aliphatic rings. The molecule has 0 fully saturated rings. The number of rotatable bonds is 4. The van der Waals surface area contributed by atoms with Gasteiger partial charge in [0.2, 0.25) is 5.91 Å². The number of hydrogen-bond acceptors (Lipinski definition) is 6. The van der Waals surface area contributed by atoms with Gasteiger partial charge in [-0.2, -0.15) is 0 Å². The summed E-state index contributed by atoms with van der Waals surface area (Å²) in [6, 6.07) is 6.58. The Kier molecular flexibility index (Phi) is 5.19. The number of amides is 1. The number of para-hydroxylation sites is 1. The van der Waals surface area contributed by atoms with Crippen molar-refractivity contribution in [3.63, 3.8) is 0 Å². The predicted octanol–water partition coefficient (Wildman–Crippen LogP) is 3.01. The summed E-state index contributed by atoms with van der Waals surface area (Å²) in [5, 5.41) is 3.33. The van der Waals surface area contributed by atoms with E-state index in [9.17, 15) is 14.4 Å². The SMILES string of the molecule is COC(=O)c1ccccc1NC(=O)Cn1cnc2sc3c(c2c1=O)CC[C@H](C)C3. The van der Waals surface area contributed by atoms with Gasteiger partial charge in [-0.15, -0.1) is 11.3 Å². The minimum absolute atomic E-state index is 0.182. The van der Waals surface area contributed by atoms with Crippen molar-refractivity contribution in [1.82, 2.24) is 9.55 Å². The first-order valence-corrected chi connectivity index (χ1v) is 10.3. The molecule has 7 nitrogen and oxygen atoms in total. The second kappa shape index (κ2) is 7.79. The smallest absolute Gasteiger partial charge is 0.339 e. The van der Waals surface area contributed by atoms with Crippen LogP contribution in [0.1, 0.15) is 34.1 Å². The Morgan fingerprint density at radius 3 is 2.93 bits per heavy atom. The Hall–Kier alpha value is -3.00. The van der Waals surface area contributed by atoms with Crippen LogP contribution in [-0.4, -0.2) is 28.5 Å². The third-order valence-corrected chi connectivity index (χ3v) is 6.36. The summed E-state index contributed by atoms with van der Waals surface area (Å²) in [4.78, 5) is 43.8. The van der Waals surface area contributed by atoms with Gasteiger partial charge >= 0.3 is 5.97 Å². The molecular weight excluding hydrogens is 390 g/mol. The molecule has 0 saturated carbocycles. The van der Waals surface area contributed by atoms with Crippen molar-refractivity contribution >= 4 is 39.1 Å². The fourth-order valence-electron chi connectivity index (χ4n) is 3.70. The van der Waals surface area contributed by atoms with Gasteiger partial charge in [0.05, 0.1) is 30.1 Å². The highest BCUT2D eigenvalue weighted by molar-refractivity contribution is 7.18. The van der Waals surface area contributed by atoms with Crippen LogP contribution in [0.5, 0.6) is 0 Å². The van der Waals surface area contributed by atoms with Crippen LogP contribution < -0.4 is 10.9 Å². The van der Waals surface area contributed by atoms with Gasteiger partial charge in [-0.25, -0.2) is 9.78 Å². The zero-order chi connectivity index (χ0) is 20.5. The lowest BCUT2D eigenvalue weighted by Crippen LogP contribution is -2.28. The number of hydrogen-bond donors (Lipinski definition) is 1. The maximum Gasteiger partial charge on any atom is 0.339 e. The molecule has 29 heavy (non-hydrogen) atoms. The van der Waals surface area contributed by atoms with E-state index in [0.29, 0.717) is 17.0 Å². The minimum Gasteiger partial charge on any atom is -0.465 e. The van der Waals surface area contributed by atoms with E-state index >= 15 is 0 Å². The highest BCUT2D eigenvalue weighted by Gasteiger charge is 2.23. The number of thiophene rings is 1. The van der Waals surface area contributed by atoms with Gasteiger partial charge < -0.3 is 10.1 Å². The van der Waals surface area contributed by atoms with Gasteiger partial charge in [-0.1, -0.05) is 19.1 Å². The van der Waals surface area contributed by atoms with Crippen molar-refractivity contribution in [2.75, 3.05) is 12.4 Å². The van der Waals surface area contributed by atoms with Crippen LogP contribution in [0, 0.1) is 5.92 Å². The Morgan fingerprint density at radius 2 is 2.14 bits per heavy atom. The van der Waals surface area contributed by atoms with Crippen LogP contribution in [0.15, 0.2) is 35.4 Å². The van der Waals surface area contributed by atoms with Crippen LogP contribution in [0.3, 0.4) is 0 Å². The normalized spacial score (nSPS) is 15.7. The molecule has 0 unspecified atom stereocenters. The number of anilines is 1. The van der Waals surface area contributed by atoms with Crippen LogP contribution >= 0.6 is 11.3 Å². The maximum atomic E-state index is 13.0.